The first-order valence-corrected chi connectivity index (χ1v) is 7.43. The van der Waals surface area contributed by atoms with Crippen LogP contribution < -0.4 is 4.90 Å². The summed E-state index contributed by atoms with van der Waals surface area (Å²) in [4.78, 5) is 2.22. The van der Waals surface area contributed by atoms with E-state index in [1.54, 1.807) is 12.1 Å². The molecule has 1 nitrogen and oxygen atoms in total. The Kier molecular flexibility index (Phi) is 4.43. The average Bonchev–Trinajstić information content (AvgIpc) is 2.54. The molecule has 1 aromatic carbocycles. The summed E-state index contributed by atoms with van der Waals surface area (Å²) in [7, 11) is 0. The molecule has 1 heterocycles. The Hall–Kier alpha value is -0.570. The number of nitrogens with zero attached hydrogens (tertiary/aromatic N) is 1. The highest BCUT2D eigenvalue weighted by Gasteiger charge is 2.19. The standard InChI is InChI=1S/C14H19BrFN/c1-11-4-3-8-17(9-7-11)14-12(10-15)5-2-6-13(14)16/h2,5-6,11H,3-4,7-10H2,1H3. The van der Waals surface area contributed by atoms with Crippen molar-refractivity contribution in [2.24, 2.45) is 5.92 Å². The van der Waals surface area contributed by atoms with Crippen LogP contribution in [0.2, 0.25) is 0 Å². The van der Waals surface area contributed by atoms with E-state index in [-0.39, 0.29) is 5.82 Å². The molecule has 1 aliphatic rings. The molecule has 3 heteroatoms. The summed E-state index contributed by atoms with van der Waals surface area (Å²) in [6, 6.07) is 5.35. The molecule has 1 saturated heterocycles. The maximum absolute atomic E-state index is 14.0. The van der Waals surface area contributed by atoms with Crippen LogP contribution in [-0.2, 0) is 5.33 Å². The second-order valence-electron chi connectivity index (χ2n) is 4.90. The van der Waals surface area contributed by atoms with Crippen LogP contribution in [0.25, 0.3) is 0 Å². The molecular formula is C14H19BrFN. The molecule has 17 heavy (non-hydrogen) atoms. The van der Waals surface area contributed by atoms with Crippen molar-refractivity contribution < 1.29 is 4.39 Å². The molecule has 0 N–H and O–H groups in total. The monoisotopic (exact) mass is 299 g/mol. The van der Waals surface area contributed by atoms with Crippen molar-refractivity contribution >= 4 is 21.6 Å². The van der Waals surface area contributed by atoms with Crippen LogP contribution in [0.15, 0.2) is 18.2 Å². The van der Waals surface area contributed by atoms with Crippen molar-refractivity contribution in [3.63, 3.8) is 0 Å². The Morgan fingerprint density at radius 2 is 2.18 bits per heavy atom. The van der Waals surface area contributed by atoms with Gasteiger partial charge in [0.1, 0.15) is 5.82 Å². The normalized spacial score (nSPS) is 21.4. The van der Waals surface area contributed by atoms with Gasteiger partial charge in [-0.1, -0.05) is 35.0 Å². The van der Waals surface area contributed by atoms with Gasteiger partial charge in [-0.2, -0.15) is 0 Å². The number of hydrogen-bond acceptors (Lipinski definition) is 1. The highest BCUT2D eigenvalue weighted by atomic mass is 79.9. The van der Waals surface area contributed by atoms with Crippen LogP contribution in [0, 0.1) is 11.7 Å². The lowest BCUT2D eigenvalue weighted by molar-refractivity contribution is 0.520. The molecule has 0 aliphatic carbocycles. The fourth-order valence-corrected chi connectivity index (χ4v) is 2.96. The van der Waals surface area contributed by atoms with Gasteiger partial charge in [0.25, 0.3) is 0 Å². The maximum atomic E-state index is 14.0. The molecule has 0 bridgehead atoms. The Morgan fingerprint density at radius 3 is 2.94 bits per heavy atom. The van der Waals surface area contributed by atoms with E-state index in [2.05, 4.69) is 27.8 Å². The summed E-state index contributed by atoms with van der Waals surface area (Å²) in [6.45, 7) is 4.24. The van der Waals surface area contributed by atoms with E-state index in [1.165, 1.54) is 6.42 Å². The van der Waals surface area contributed by atoms with Crippen molar-refractivity contribution in [3.8, 4) is 0 Å². The van der Waals surface area contributed by atoms with Gasteiger partial charge >= 0.3 is 0 Å². The van der Waals surface area contributed by atoms with Crippen molar-refractivity contribution in [1.82, 2.24) is 0 Å². The summed E-state index contributed by atoms with van der Waals surface area (Å²) >= 11 is 3.45. The number of alkyl halides is 1. The van der Waals surface area contributed by atoms with Gasteiger partial charge in [0, 0.05) is 18.4 Å². The van der Waals surface area contributed by atoms with Crippen LogP contribution in [0.4, 0.5) is 10.1 Å². The van der Waals surface area contributed by atoms with Crippen molar-refractivity contribution in [3.05, 3.63) is 29.6 Å². The first kappa shape index (κ1) is 12.9. The molecular weight excluding hydrogens is 281 g/mol. The van der Waals surface area contributed by atoms with Gasteiger partial charge in [0.15, 0.2) is 0 Å². The average molecular weight is 300 g/mol. The molecule has 1 fully saturated rings. The quantitative estimate of drug-likeness (QED) is 0.734. The predicted molar refractivity (Wildman–Crippen MR) is 74.3 cm³/mol. The zero-order valence-corrected chi connectivity index (χ0v) is 11.8. The zero-order valence-electron chi connectivity index (χ0n) is 10.3. The van der Waals surface area contributed by atoms with Gasteiger partial charge in [-0.25, -0.2) is 4.39 Å². The number of rotatable bonds is 2. The first-order valence-electron chi connectivity index (χ1n) is 6.30. The van der Waals surface area contributed by atoms with Crippen LogP contribution in [0.5, 0.6) is 0 Å². The Bertz CT molecular complexity index is 380. The van der Waals surface area contributed by atoms with Crippen molar-refractivity contribution in [1.29, 1.82) is 0 Å². The minimum Gasteiger partial charge on any atom is -0.369 e. The Balaban J connectivity index is 2.26. The number of para-hydroxylation sites is 1. The molecule has 0 aromatic heterocycles. The summed E-state index contributed by atoms with van der Waals surface area (Å²) in [5.41, 5.74) is 1.86. The minimum atomic E-state index is -0.0866. The smallest absolute Gasteiger partial charge is 0.146 e. The largest absolute Gasteiger partial charge is 0.369 e. The van der Waals surface area contributed by atoms with Gasteiger partial charge in [-0.15, -0.1) is 0 Å². The van der Waals surface area contributed by atoms with Gasteiger partial charge in [-0.3, -0.25) is 0 Å². The third-order valence-electron chi connectivity index (χ3n) is 3.55. The lowest BCUT2D eigenvalue weighted by Gasteiger charge is -2.25. The molecule has 94 valence electrons. The van der Waals surface area contributed by atoms with E-state index >= 15 is 0 Å². The third-order valence-corrected chi connectivity index (χ3v) is 4.15. The van der Waals surface area contributed by atoms with E-state index in [9.17, 15) is 4.39 Å². The lowest BCUT2D eigenvalue weighted by atomic mass is 10.0. The fourth-order valence-electron chi connectivity index (χ4n) is 2.51. The van der Waals surface area contributed by atoms with Crippen LogP contribution in [0.1, 0.15) is 31.7 Å². The Labute approximate surface area is 111 Å². The van der Waals surface area contributed by atoms with E-state index in [1.807, 2.05) is 6.07 Å². The zero-order chi connectivity index (χ0) is 12.3. The molecule has 0 radical (unpaired) electrons. The van der Waals surface area contributed by atoms with E-state index in [0.717, 1.165) is 43.1 Å². The maximum Gasteiger partial charge on any atom is 0.146 e. The van der Waals surface area contributed by atoms with Crippen LogP contribution in [-0.4, -0.2) is 13.1 Å². The summed E-state index contributed by atoms with van der Waals surface area (Å²) in [5, 5.41) is 0.714. The number of halogens is 2. The molecule has 1 aromatic rings. The number of anilines is 1. The van der Waals surface area contributed by atoms with Gasteiger partial charge in [0.05, 0.1) is 5.69 Å². The third kappa shape index (κ3) is 3.01. The number of hydrogen-bond donors (Lipinski definition) is 0. The SMILES string of the molecule is CC1CCCN(c2c(F)cccc2CBr)CC1. The van der Waals surface area contributed by atoms with Crippen molar-refractivity contribution in [2.45, 2.75) is 31.5 Å². The number of benzene rings is 1. The van der Waals surface area contributed by atoms with Crippen molar-refractivity contribution in [2.75, 3.05) is 18.0 Å². The predicted octanol–water partition coefficient (Wildman–Crippen LogP) is 4.35. The molecule has 1 aliphatic heterocycles. The highest BCUT2D eigenvalue weighted by molar-refractivity contribution is 9.08. The molecule has 1 atom stereocenters. The van der Waals surface area contributed by atoms with Gasteiger partial charge in [-0.05, 0) is 36.8 Å². The highest BCUT2D eigenvalue weighted by Crippen LogP contribution is 2.29. The van der Waals surface area contributed by atoms with Gasteiger partial charge < -0.3 is 4.90 Å². The van der Waals surface area contributed by atoms with Crippen LogP contribution >= 0.6 is 15.9 Å². The second-order valence-corrected chi connectivity index (χ2v) is 5.47. The molecule has 0 spiro atoms. The first-order chi connectivity index (χ1) is 8.22. The van der Waals surface area contributed by atoms with Gasteiger partial charge in [0.2, 0.25) is 0 Å². The molecule has 0 saturated carbocycles. The van der Waals surface area contributed by atoms with E-state index < -0.39 is 0 Å². The topological polar surface area (TPSA) is 3.24 Å². The molecule has 0 amide bonds. The molecule has 2 rings (SSSR count). The summed E-state index contributed by atoms with van der Waals surface area (Å²) < 4.78 is 14.0. The van der Waals surface area contributed by atoms with E-state index in [0.29, 0.717) is 5.33 Å². The second kappa shape index (κ2) is 5.85. The van der Waals surface area contributed by atoms with Crippen LogP contribution in [0.3, 0.4) is 0 Å². The fraction of sp³-hybridized carbons (Fsp3) is 0.571. The molecule has 1 unspecified atom stereocenters. The summed E-state index contributed by atoms with van der Waals surface area (Å²) in [6.07, 6.45) is 3.59. The summed E-state index contributed by atoms with van der Waals surface area (Å²) in [5.74, 6) is 0.677. The van der Waals surface area contributed by atoms with E-state index in [4.69, 9.17) is 0 Å². The Morgan fingerprint density at radius 1 is 1.35 bits per heavy atom. The lowest BCUT2D eigenvalue weighted by Crippen LogP contribution is -2.26. The minimum absolute atomic E-state index is 0.0866.